The van der Waals surface area contributed by atoms with E-state index in [0.29, 0.717) is 0 Å². The average molecular weight is 367 g/mol. The van der Waals surface area contributed by atoms with E-state index in [0.717, 1.165) is 41.9 Å². The average Bonchev–Trinajstić information content (AvgIpc) is 2.74. The molecule has 0 unspecified atom stereocenters. The summed E-state index contributed by atoms with van der Waals surface area (Å²) in [6.45, 7) is 2.39. The van der Waals surface area contributed by atoms with Gasteiger partial charge in [-0.05, 0) is 27.8 Å². The summed E-state index contributed by atoms with van der Waals surface area (Å²) in [5, 5.41) is 11.1. The Morgan fingerprint density at radius 1 is 0.679 bits per heavy atom. The van der Waals surface area contributed by atoms with E-state index in [2.05, 4.69) is 65.6 Å². The molecule has 4 rings (SSSR count). The second-order valence-electron chi connectivity index (χ2n) is 7.29. The summed E-state index contributed by atoms with van der Waals surface area (Å²) < 4.78 is 0. The Morgan fingerprint density at radius 2 is 1.11 bits per heavy atom. The third kappa shape index (κ3) is 4.66. The third-order valence-electron chi connectivity index (χ3n) is 5.07. The van der Waals surface area contributed by atoms with Gasteiger partial charge in [-0.25, -0.2) is 0 Å². The Morgan fingerprint density at radius 3 is 1.57 bits per heavy atom. The van der Waals surface area contributed by atoms with Crippen molar-refractivity contribution in [1.29, 1.82) is 0 Å². The highest BCUT2D eigenvalue weighted by Crippen LogP contribution is 2.26. The van der Waals surface area contributed by atoms with Crippen molar-refractivity contribution in [2.75, 3.05) is 13.1 Å². The molecule has 1 heterocycles. The largest absolute Gasteiger partial charge is 0.384 e. The van der Waals surface area contributed by atoms with Gasteiger partial charge in [0.1, 0.15) is 0 Å². The Bertz CT molecular complexity index is 886. The molecule has 0 amide bonds. The number of aliphatic hydroxyl groups excluding tert-OH is 1. The van der Waals surface area contributed by atoms with E-state index >= 15 is 0 Å². The van der Waals surface area contributed by atoms with Crippen molar-refractivity contribution in [3.63, 3.8) is 0 Å². The van der Waals surface area contributed by atoms with E-state index in [1.807, 2.05) is 42.5 Å². The molecule has 3 aromatic rings. The highest BCUT2D eigenvalue weighted by Gasteiger charge is 2.26. The quantitative estimate of drug-likeness (QED) is 0.699. The molecule has 0 spiro atoms. The van der Waals surface area contributed by atoms with Gasteiger partial charge in [-0.15, -0.1) is 0 Å². The standard InChI is InChI=1S/C26H25NO/c28-26-24(16-21-10-4-1-5-11-21)19-27(18-23-14-8-3-9-15-23)20-25(26)17-22-12-6-2-7-13-22/h1-17,26,28H,18-20H2/b24-16+,25-17+. The first-order valence-corrected chi connectivity index (χ1v) is 9.73. The SMILES string of the molecule is OC1/C(=C/c2ccccc2)CN(Cc2ccccc2)C/C1=C\c1ccccc1. The van der Waals surface area contributed by atoms with Crippen LogP contribution in [0.2, 0.25) is 0 Å². The molecule has 1 fully saturated rings. The van der Waals surface area contributed by atoms with E-state index in [4.69, 9.17) is 0 Å². The second-order valence-corrected chi connectivity index (χ2v) is 7.29. The Kier molecular flexibility index (Phi) is 5.81. The van der Waals surface area contributed by atoms with Crippen LogP contribution in [0.4, 0.5) is 0 Å². The molecule has 28 heavy (non-hydrogen) atoms. The molecule has 2 nitrogen and oxygen atoms in total. The fourth-order valence-electron chi connectivity index (χ4n) is 3.71. The predicted molar refractivity (Wildman–Crippen MR) is 117 cm³/mol. The maximum atomic E-state index is 11.1. The number of hydrogen-bond donors (Lipinski definition) is 1. The topological polar surface area (TPSA) is 23.5 Å². The van der Waals surface area contributed by atoms with Gasteiger partial charge in [0.2, 0.25) is 0 Å². The maximum Gasteiger partial charge on any atom is 0.0992 e. The molecule has 1 aliphatic rings. The van der Waals surface area contributed by atoms with Crippen LogP contribution < -0.4 is 0 Å². The van der Waals surface area contributed by atoms with E-state index in [1.54, 1.807) is 0 Å². The molecule has 1 aliphatic heterocycles. The van der Waals surface area contributed by atoms with E-state index in [1.165, 1.54) is 5.56 Å². The Balaban J connectivity index is 1.65. The molecular formula is C26H25NO. The fraction of sp³-hybridized carbons (Fsp3) is 0.154. The smallest absolute Gasteiger partial charge is 0.0992 e. The first kappa shape index (κ1) is 18.4. The van der Waals surface area contributed by atoms with Gasteiger partial charge >= 0.3 is 0 Å². The number of aliphatic hydroxyl groups is 1. The van der Waals surface area contributed by atoms with Crippen LogP contribution in [0.3, 0.4) is 0 Å². The maximum absolute atomic E-state index is 11.1. The van der Waals surface area contributed by atoms with Gasteiger partial charge in [0.25, 0.3) is 0 Å². The lowest BCUT2D eigenvalue weighted by atomic mass is 9.92. The monoisotopic (exact) mass is 367 g/mol. The van der Waals surface area contributed by atoms with Crippen LogP contribution in [0.25, 0.3) is 12.2 Å². The number of piperidine rings is 1. The first-order chi connectivity index (χ1) is 13.8. The highest BCUT2D eigenvalue weighted by molar-refractivity contribution is 5.61. The van der Waals surface area contributed by atoms with Crippen LogP contribution in [0.5, 0.6) is 0 Å². The number of rotatable bonds is 4. The summed E-state index contributed by atoms with van der Waals surface area (Å²) in [5.74, 6) is 0. The van der Waals surface area contributed by atoms with Crippen molar-refractivity contribution in [2.24, 2.45) is 0 Å². The predicted octanol–water partition coefficient (Wildman–Crippen LogP) is 5.03. The lowest BCUT2D eigenvalue weighted by Gasteiger charge is -2.34. The van der Waals surface area contributed by atoms with Crippen LogP contribution in [0.1, 0.15) is 16.7 Å². The van der Waals surface area contributed by atoms with Gasteiger partial charge in [0.05, 0.1) is 6.10 Å². The zero-order valence-electron chi connectivity index (χ0n) is 15.9. The van der Waals surface area contributed by atoms with Gasteiger partial charge in [-0.2, -0.15) is 0 Å². The molecule has 1 N–H and O–H groups in total. The van der Waals surface area contributed by atoms with Crippen molar-refractivity contribution in [2.45, 2.75) is 12.6 Å². The second kappa shape index (κ2) is 8.83. The van der Waals surface area contributed by atoms with Gasteiger partial charge in [-0.3, -0.25) is 4.90 Å². The Hall–Kier alpha value is -2.94. The summed E-state index contributed by atoms with van der Waals surface area (Å²) in [6.07, 6.45) is 3.70. The highest BCUT2D eigenvalue weighted by atomic mass is 16.3. The molecular weight excluding hydrogens is 342 g/mol. The van der Waals surface area contributed by atoms with Crippen molar-refractivity contribution < 1.29 is 5.11 Å². The molecule has 0 aromatic heterocycles. The van der Waals surface area contributed by atoms with Crippen molar-refractivity contribution in [3.05, 3.63) is 119 Å². The molecule has 0 saturated carbocycles. The number of benzene rings is 3. The molecule has 3 aromatic carbocycles. The van der Waals surface area contributed by atoms with Crippen molar-refractivity contribution in [3.8, 4) is 0 Å². The number of hydrogen-bond acceptors (Lipinski definition) is 2. The lowest BCUT2D eigenvalue weighted by molar-refractivity contribution is 0.180. The fourth-order valence-corrected chi connectivity index (χ4v) is 3.71. The van der Waals surface area contributed by atoms with E-state index in [-0.39, 0.29) is 0 Å². The van der Waals surface area contributed by atoms with Crippen LogP contribution >= 0.6 is 0 Å². The third-order valence-corrected chi connectivity index (χ3v) is 5.07. The number of nitrogens with zero attached hydrogens (tertiary/aromatic N) is 1. The van der Waals surface area contributed by atoms with E-state index in [9.17, 15) is 5.11 Å². The van der Waals surface area contributed by atoms with Crippen LogP contribution in [0.15, 0.2) is 102 Å². The lowest BCUT2D eigenvalue weighted by Crippen LogP contribution is -2.39. The van der Waals surface area contributed by atoms with Crippen LogP contribution in [0, 0.1) is 0 Å². The van der Waals surface area contributed by atoms with Gasteiger partial charge in [0, 0.05) is 19.6 Å². The minimum absolute atomic E-state index is 0.549. The molecule has 140 valence electrons. The molecule has 0 radical (unpaired) electrons. The van der Waals surface area contributed by atoms with Crippen LogP contribution in [-0.2, 0) is 6.54 Å². The van der Waals surface area contributed by atoms with Gasteiger partial charge < -0.3 is 5.11 Å². The van der Waals surface area contributed by atoms with E-state index < -0.39 is 6.10 Å². The molecule has 0 atom stereocenters. The van der Waals surface area contributed by atoms with Gasteiger partial charge in [-0.1, -0.05) is 103 Å². The summed E-state index contributed by atoms with van der Waals surface area (Å²) in [6, 6.07) is 31.0. The summed E-state index contributed by atoms with van der Waals surface area (Å²) in [7, 11) is 0. The van der Waals surface area contributed by atoms with Gasteiger partial charge in [0.15, 0.2) is 0 Å². The molecule has 1 saturated heterocycles. The Labute approximate surface area is 167 Å². The summed E-state index contributed by atoms with van der Waals surface area (Å²) >= 11 is 0. The van der Waals surface area contributed by atoms with Crippen molar-refractivity contribution >= 4 is 12.2 Å². The zero-order chi connectivity index (χ0) is 19.2. The van der Waals surface area contributed by atoms with Crippen molar-refractivity contribution in [1.82, 2.24) is 4.90 Å². The molecule has 0 aliphatic carbocycles. The summed E-state index contributed by atoms with van der Waals surface area (Å²) in [5.41, 5.74) is 5.61. The van der Waals surface area contributed by atoms with Crippen LogP contribution in [-0.4, -0.2) is 29.2 Å². The first-order valence-electron chi connectivity index (χ1n) is 9.73. The molecule has 0 bridgehead atoms. The molecule has 2 heteroatoms. The normalized spacial score (nSPS) is 20.5. The zero-order valence-corrected chi connectivity index (χ0v) is 15.9. The minimum atomic E-state index is -0.549. The number of likely N-dealkylation sites (tertiary alicyclic amines) is 1. The minimum Gasteiger partial charge on any atom is -0.384 e. The summed E-state index contributed by atoms with van der Waals surface area (Å²) in [4.78, 5) is 2.39.